The summed E-state index contributed by atoms with van der Waals surface area (Å²) in [5.41, 5.74) is 2.02. The summed E-state index contributed by atoms with van der Waals surface area (Å²) in [6.07, 6.45) is 3.35. The van der Waals surface area contributed by atoms with E-state index >= 15 is 0 Å². The average molecular weight is 335 g/mol. The van der Waals surface area contributed by atoms with Gasteiger partial charge in [-0.15, -0.1) is 0 Å². The number of hydrogen-bond donors (Lipinski definition) is 0. The van der Waals surface area contributed by atoms with Gasteiger partial charge in [-0.3, -0.25) is 0 Å². The van der Waals surface area contributed by atoms with Gasteiger partial charge in [0.15, 0.2) is 5.82 Å². The average Bonchev–Trinajstić information content (AvgIpc) is 2.88. The van der Waals surface area contributed by atoms with Gasteiger partial charge in [0.05, 0.1) is 6.20 Å². The van der Waals surface area contributed by atoms with Crippen molar-refractivity contribution in [3.05, 3.63) is 71.0 Å². The molecule has 0 saturated heterocycles. The summed E-state index contributed by atoms with van der Waals surface area (Å²) in [5.74, 6) is -1.25. The Morgan fingerprint density at radius 2 is 1.85 bits per heavy atom. The van der Waals surface area contributed by atoms with Gasteiger partial charge < -0.3 is 0 Å². The fourth-order valence-electron chi connectivity index (χ4n) is 1.96. The molecule has 0 amide bonds. The molecule has 0 N–H and O–H groups in total. The minimum absolute atomic E-state index is 0.213. The van der Waals surface area contributed by atoms with Crippen molar-refractivity contribution < 1.29 is 8.78 Å². The number of nitrogens with zero attached hydrogens (tertiary/aromatic N) is 2. The van der Waals surface area contributed by atoms with Crippen molar-refractivity contribution in [2.45, 2.75) is 0 Å². The predicted molar refractivity (Wildman–Crippen MR) is 76.6 cm³/mol. The standard InChI is InChI=1S/C15H9BrF2N2/c16-13-4-2-1-3-12(13)10-8-19-20(9-10)15-6-5-11(17)7-14(15)18/h1-9H. The van der Waals surface area contributed by atoms with Crippen LogP contribution in [0, 0.1) is 11.6 Å². The Hall–Kier alpha value is -2.01. The molecule has 0 radical (unpaired) electrons. The Balaban J connectivity index is 2.04. The van der Waals surface area contributed by atoms with Crippen molar-refractivity contribution in [1.82, 2.24) is 9.78 Å². The van der Waals surface area contributed by atoms with E-state index in [-0.39, 0.29) is 5.69 Å². The van der Waals surface area contributed by atoms with Gasteiger partial charge in [-0.05, 0) is 23.8 Å². The lowest BCUT2D eigenvalue weighted by molar-refractivity contribution is 0.573. The topological polar surface area (TPSA) is 17.8 Å². The highest BCUT2D eigenvalue weighted by atomic mass is 79.9. The van der Waals surface area contributed by atoms with Crippen LogP contribution in [-0.4, -0.2) is 9.78 Å². The molecule has 0 aliphatic rings. The zero-order chi connectivity index (χ0) is 14.1. The molecule has 0 saturated carbocycles. The number of benzene rings is 2. The second kappa shape index (κ2) is 5.17. The normalized spacial score (nSPS) is 10.8. The van der Waals surface area contributed by atoms with Gasteiger partial charge in [0.2, 0.25) is 0 Å². The van der Waals surface area contributed by atoms with E-state index in [2.05, 4.69) is 21.0 Å². The van der Waals surface area contributed by atoms with E-state index in [1.165, 1.54) is 16.8 Å². The first-order valence-electron chi connectivity index (χ1n) is 5.90. The van der Waals surface area contributed by atoms with Crippen LogP contribution in [0.25, 0.3) is 16.8 Å². The molecular formula is C15H9BrF2N2. The fraction of sp³-hybridized carbons (Fsp3) is 0. The number of aromatic nitrogens is 2. The Kier molecular flexibility index (Phi) is 3.36. The van der Waals surface area contributed by atoms with Crippen molar-refractivity contribution in [3.8, 4) is 16.8 Å². The Bertz CT molecular complexity index is 768. The van der Waals surface area contributed by atoms with Crippen LogP contribution in [0.3, 0.4) is 0 Å². The quantitative estimate of drug-likeness (QED) is 0.670. The van der Waals surface area contributed by atoms with Crippen molar-refractivity contribution in [3.63, 3.8) is 0 Å². The van der Waals surface area contributed by atoms with Gasteiger partial charge in [-0.2, -0.15) is 5.10 Å². The van der Waals surface area contributed by atoms with Gasteiger partial charge in [0.25, 0.3) is 0 Å². The summed E-state index contributed by atoms with van der Waals surface area (Å²) >= 11 is 3.46. The van der Waals surface area contributed by atoms with E-state index in [0.29, 0.717) is 0 Å². The number of rotatable bonds is 2. The molecule has 0 atom stereocenters. The fourth-order valence-corrected chi connectivity index (χ4v) is 2.47. The summed E-state index contributed by atoms with van der Waals surface area (Å²) < 4.78 is 28.9. The predicted octanol–water partition coefficient (Wildman–Crippen LogP) is 4.58. The summed E-state index contributed by atoms with van der Waals surface area (Å²) in [4.78, 5) is 0. The van der Waals surface area contributed by atoms with E-state index in [0.717, 1.165) is 21.7 Å². The maximum Gasteiger partial charge on any atom is 0.151 e. The van der Waals surface area contributed by atoms with E-state index in [1.807, 2.05) is 24.3 Å². The van der Waals surface area contributed by atoms with Crippen LogP contribution in [0.4, 0.5) is 8.78 Å². The van der Waals surface area contributed by atoms with E-state index < -0.39 is 11.6 Å². The molecule has 2 nitrogen and oxygen atoms in total. The minimum atomic E-state index is -0.647. The van der Waals surface area contributed by atoms with Gasteiger partial charge >= 0.3 is 0 Å². The van der Waals surface area contributed by atoms with Crippen molar-refractivity contribution in [2.75, 3.05) is 0 Å². The molecule has 2 aromatic carbocycles. The molecule has 3 aromatic rings. The summed E-state index contributed by atoms with van der Waals surface area (Å²) in [7, 11) is 0. The SMILES string of the molecule is Fc1ccc(-n2cc(-c3ccccc3Br)cn2)c(F)c1. The molecule has 0 fully saturated rings. The Labute approximate surface area is 122 Å². The van der Waals surface area contributed by atoms with E-state index in [4.69, 9.17) is 0 Å². The molecule has 20 heavy (non-hydrogen) atoms. The number of halogens is 3. The largest absolute Gasteiger partial charge is 0.237 e. The zero-order valence-corrected chi connectivity index (χ0v) is 11.8. The summed E-state index contributed by atoms with van der Waals surface area (Å²) in [6.45, 7) is 0. The zero-order valence-electron chi connectivity index (χ0n) is 10.2. The van der Waals surface area contributed by atoms with Crippen LogP contribution < -0.4 is 0 Å². The highest BCUT2D eigenvalue weighted by Gasteiger charge is 2.10. The molecule has 100 valence electrons. The molecule has 0 spiro atoms. The lowest BCUT2D eigenvalue weighted by atomic mass is 10.1. The first-order valence-corrected chi connectivity index (χ1v) is 6.69. The molecule has 5 heteroatoms. The molecule has 1 aromatic heterocycles. The lowest BCUT2D eigenvalue weighted by Gasteiger charge is -2.03. The van der Waals surface area contributed by atoms with E-state index in [1.54, 1.807) is 12.4 Å². The van der Waals surface area contributed by atoms with Gasteiger partial charge in [0.1, 0.15) is 11.5 Å². The van der Waals surface area contributed by atoms with Crippen molar-refractivity contribution in [2.24, 2.45) is 0 Å². The van der Waals surface area contributed by atoms with Crippen LogP contribution in [-0.2, 0) is 0 Å². The Morgan fingerprint density at radius 1 is 1.05 bits per heavy atom. The van der Waals surface area contributed by atoms with E-state index in [9.17, 15) is 8.78 Å². The van der Waals surface area contributed by atoms with Gasteiger partial charge in [0, 0.05) is 22.3 Å². The van der Waals surface area contributed by atoms with Crippen LogP contribution in [0.5, 0.6) is 0 Å². The van der Waals surface area contributed by atoms with Crippen LogP contribution in [0.2, 0.25) is 0 Å². The summed E-state index contributed by atoms with van der Waals surface area (Å²) in [6, 6.07) is 11.1. The molecule has 0 bridgehead atoms. The third-order valence-electron chi connectivity index (χ3n) is 2.92. The summed E-state index contributed by atoms with van der Waals surface area (Å²) in [5, 5.41) is 4.13. The monoisotopic (exact) mass is 334 g/mol. The Morgan fingerprint density at radius 3 is 2.60 bits per heavy atom. The molecule has 0 aliphatic heterocycles. The lowest BCUT2D eigenvalue weighted by Crippen LogP contribution is -1.98. The molecule has 3 rings (SSSR count). The third kappa shape index (κ3) is 2.36. The molecular weight excluding hydrogens is 326 g/mol. The number of hydrogen-bond acceptors (Lipinski definition) is 1. The third-order valence-corrected chi connectivity index (χ3v) is 3.62. The van der Waals surface area contributed by atoms with Crippen molar-refractivity contribution in [1.29, 1.82) is 0 Å². The van der Waals surface area contributed by atoms with Gasteiger partial charge in [-0.1, -0.05) is 34.1 Å². The highest BCUT2D eigenvalue weighted by molar-refractivity contribution is 9.10. The van der Waals surface area contributed by atoms with Gasteiger partial charge in [-0.25, -0.2) is 13.5 Å². The second-order valence-corrected chi connectivity index (χ2v) is 5.10. The highest BCUT2D eigenvalue weighted by Crippen LogP contribution is 2.28. The molecule has 1 heterocycles. The smallest absolute Gasteiger partial charge is 0.151 e. The molecule has 0 unspecified atom stereocenters. The second-order valence-electron chi connectivity index (χ2n) is 4.25. The van der Waals surface area contributed by atoms with Crippen molar-refractivity contribution >= 4 is 15.9 Å². The maximum absolute atomic E-state index is 13.7. The maximum atomic E-state index is 13.7. The van der Waals surface area contributed by atoms with Crippen LogP contribution in [0.15, 0.2) is 59.3 Å². The first kappa shape index (κ1) is 13.0. The van der Waals surface area contributed by atoms with Crippen LogP contribution in [0.1, 0.15) is 0 Å². The first-order chi connectivity index (χ1) is 9.65. The van der Waals surface area contributed by atoms with Crippen LogP contribution >= 0.6 is 15.9 Å². The minimum Gasteiger partial charge on any atom is -0.237 e. The molecule has 0 aliphatic carbocycles.